The van der Waals surface area contributed by atoms with E-state index in [0.717, 1.165) is 5.56 Å². The van der Waals surface area contributed by atoms with Gasteiger partial charge in [-0.05, 0) is 29.8 Å². The Morgan fingerprint density at radius 1 is 1.12 bits per heavy atom. The van der Waals surface area contributed by atoms with Gasteiger partial charge in [-0.1, -0.05) is 43.0 Å². The van der Waals surface area contributed by atoms with Gasteiger partial charge in [-0.15, -0.1) is 0 Å². The third-order valence-corrected chi connectivity index (χ3v) is 3.59. The van der Waals surface area contributed by atoms with Gasteiger partial charge in [-0.25, -0.2) is 0 Å². The van der Waals surface area contributed by atoms with E-state index in [2.05, 4.69) is 11.9 Å². The zero-order valence-corrected chi connectivity index (χ0v) is 14.1. The molecule has 130 valence electrons. The van der Waals surface area contributed by atoms with E-state index in [0.29, 0.717) is 11.3 Å². The normalized spacial score (nSPS) is 11.2. The monoisotopic (exact) mass is 339 g/mol. The lowest BCUT2D eigenvalue weighted by Crippen LogP contribution is -2.30. The van der Waals surface area contributed by atoms with Gasteiger partial charge in [0.25, 0.3) is 5.91 Å². The summed E-state index contributed by atoms with van der Waals surface area (Å²) in [5.74, 6) is 0.0399. The minimum absolute atomic E-state index is 0.0265. The molecule has 0 bridgehead atoms. The summed E-state index contributed by atoms with van der Waals surface area (Å²) in [7, 11) is 1.58. The molecule has 0 saturated heterocycles. The molecule has 0 aliphatic heterocycles. The molecular weight excluding hydrogens is 318 g/mol. The van der Waals surface area contributed by atoms with Crippen LogP contribution in [0.15, 0.2) is 67.3 Å². The van der Waals surface area contributed by atoms with Gasteiger partial charge in [0.05, 0.1) is 19.6 Å². The van der Waals surface area contributed by atoms with Crippen LogP contribution in [-0.2, 0) is 9.53 Å². The third-order valence-electron chi connectivity index (χ3n) is 3.59. The molecule has 0 radical (unpaired) electrons. The number of ether oxygens (including phenoxy) is 2. The van der Waals surface area contributed by atoms with Crippen molar-refractivity contribution in [2.75, 3.05) is 13.7 Å². The third kappa shape index (κ3) is 5.49. The lowest BCUT2D eigenvalue weighted by atomic mass is 10.0. The lowest BCUT2D eigenvalue weighted by molar-refractivity contribution is -0.142. The van der Waals surface area contributed by atoms with Crippen molar-refractivity contribution in [2.45, 2.75) is 12.5 Å². The van der Waals surface area contributed by atoms with Gasteiger partial charge in [0.2, 0.25) is 0 Å². The van der Waals surface area contributed by atoms with Crippen LogP contribution in [0, 0.1) is 0 Å². The summed E-state index contributed by atoms with van der Waals surface area (Å²) in [5.41, 5.74) is 1.32. The van der Waals surface area contributed by atoms with Crippen LogP contribution in [0.5, 0.6) is 5.75 Å². The molecule has 2 rings (SSSR count). The van der Waals surface area contributed by atoms with Gasteiger partial charge in [0, 0.05) is 5.56 Å². The summed E-state index contributed by atoms with van der Waals surface area (Å²) >= 11 is 0. The Hall–Kier alpha value is -3.08. The fraction of sp³-hybridized carbons (Fsp3) is 0.200. The fourth-order valence-corrected chi connectivity index (χ4v) is 2.30. The maximum Gasteiger partial charge on any atom is 0.308 e. The molecule has 5 nitrogen and oxygen atoms in total. The zero-order chi connectivity index (χ0) is 18.1. The standard InChI is InChI=1S/C20H21NO4/c1-3-13-25-19(22)14-18(15-9-11-17(24-2)12-10-15)21-20(23)16-7-5-4-6-8-16/h3-12,18H,1,13-14H2,2H3,(H,21,23)/t18-/m0/s1. The summed E-state index contributed by atoms with van der Waals surface area (Å²) in [4.78, 5) is 24.4. The van der Waals surface area contributed by atoms with Crippen molar-refractivity contribution in [1.82, 2.24) is 5.32 Å². The molecule has 0 fully saturated rings. The average molecular weight is 339 g/mol. The largest absolute Gasteiger partial charge is 0.497 e. The topological polar surface area (TPSA) is 64.6 Å². The highest BCUT2D eigenvalue weighted by atomic mass is 16.5. The Balaban J connectivity index is 2.16. The summed E-state index contributed by atoms with van der Waals surface area (Å²) < 4.78 is 10.2. The molecule has 0 aliphatic rings. The first-order valence-electron chi connectivity index (χ1n) is 7.90. The summed E-state index contributed by atoms with van der Waals surface area (Å²) in [6.07, 6.45) is 1.53. The van der Waals surface area contributed by atoms with E-state index in [1.807, 2.05) is 18.2 Å². The first-order chi connectivity index (χ1) is 12.1. The van der Waals surface area contributed by atoms with Crippen LogP contribution >= 0.6 is 0 Å². The molecule has 1 atom stereocenters. The average Bonchev–Trinajstić information content (AvgIpc) is 2.66. The molecule has 0 aliphatic carbocycles. The van der Waals surface area contributed by atoms with E-state index < -0.39 is 12.0 Å². The van der Waals surface area contributed by atoms with E-state index in [1.165, 1.54) is 6.08 Å². The van der Waals surface area contributed by atoms with E-state index in [4.69, 9.17) is 9.47 Å². The van der Waals surface area contributed by atoms with Crippen molar-refractivity contribution < 1.29 is 19.1 Å². The minimum Gasteiger partial charge on any atom is -0.497 e. The minimum atomic E-state index is -0.504. The second kappa shape index (κ2) is 9.27. The second-order valence-corrected chi connectivity index (χ2v) is 5.34. The molecular formula is C20H21NO4. The van der Waals surface area contributed by atoms with Crippen LogP contribution in [-0.4, -0.2) is 25.6 Å². The van der Waals surface area contributed by atoms with Crippen LogP contribution in [0.25, 0.3) is 0 Å². The molecule has 2 aromatic carbocycles. The smallest absolute Gasteiger partial charge is 0.308 e. The van der Waals surface area contributed by atoms with Crippen molar-refractivity contribution in [2.24, 2.45) is 0 Å². The Kier molecular flexibility index (Phi) is 6.77. The Bertz CT molecular complexity index is 710. The molecule has 25 heavy (non-hydrogen) atoms. The number of hydrogen-bond acceptors (Lipinski definition) is 4. The number of benzene rings is 2. The van der Waals surface area contributed by atoms with Crippen LogP contribution in [0.1, 0.15) is 28.4 Å². The predicted octanol–water partition coefficient (Wildman–Crippen LogP) is 3.29. The van der Waals surface area contributed by atoms with E-state index in [9.17, 15) is 9.59 Å². The van der Waals surface area contributed by atoms with Crippen molar-refractivity contribution in [1.29, 1.82) is 0 Å². The number of hydrogen-bond donors (Lipinski definition) is 1. The highest BCUT2D eigenvalue weighted by Gasteiger charge is 2.20. The molecule has 0 unspecified atom stereocenters. The Morgan fingerprint density at radius 2 is 1.80 bits per heavy atom. The molecule has 2 aromatic rings. The maximum atomic E-state index is 12.4. The molecule has 0 aromatic heterocycles. The van der Waals surface area contributed by atoms with Gasteiger partial charge >= 0.3 is 5.97 Å². The number of nitrogens with one attached hydrogen (secondary N) is 1. The van der Waals surface area contributed by atoms with Crippen molar-refractivity contribution in [3.63, 3.8) is 0 Å². The summed E-state index contributed by atoms with van der Waals surface area (Å²) in [5, 5.41) is 2.89. The number of rotatable bonds is 8. The fourth-order valence-electron chi connectivity index (χ4n) is 2.30. The van der Waals surface area contributed by atoms with Gasteiger partial charge in [-0.3, -0.25) is 9.59 Å². The lowest BCUT2D eigenvalue weighted by Gasteiger charge is -2.19. The Morgan fingerprint density at radius 3 is 2.40 bits per heavy atom. The maximum absolute atomic E-state index is 12.4. The van der Waals surface area contributed by atoms with Crippen LogP contribution in [0.2, 0.25) is 0 Å². The van der Waals surface area contributed by atoms with Gasteiger partial charge in [-0.2, -0.15) is 0 Å². The van der Waals surface area contributed by atoms with E-state index in [1.54, 1.807) is 43.5 Å². The number of carbonyl (C=O) groups is 2. The SMILES string of the molecule is C=CCOC(=O)C[C@H](NC(=O)c1ccccc1)c1ccc(OC)cc1. The Labute approximate surface area is 147 Å². The molecule has 0 spiro atoms. The molecule has 5 heteroatoms. The van der Waals surface area contributed by atoms with Crippen LogP contribution < -0.4 is 10.1 Å². The zero-order valence-electron chi connectivity index (χ0n) is 14.1. The van der Waals surface area contributed by atoms with Gasteiger partial charge < -0.3 is 14.8 Å². The summed E-state index contributed by atoms with van der Waals surface area (Å²) in [6, 6.07) is 15.5. The molecule has 1 N–H and O–H groups in total. The highest BCUT2D eigenvalue weighted by Crippen LogP contribution is 2.21. The first kappa shape index (κ1) is 18.3. The number of carbonyl (C=O) groups excluding carboxylic acids is 2. The predicted molar refractivity (Wildman–Crippen MR) is 95.4 cm³/mol. The second-order valence-electron chi connectivity index (χ2n) is 5.34. The summed E-state index contributed by atoms with van der Waals surface area (Å²) in [6.45, 7) is 3.66. The van der Waals surface area contributed by atoms with Crippen molar-refractivity contribution in [3.05, 3.63) is 78.4 Å². The van der Waals surface area contributed by atoms with E-state index in [-0.39, 0.29) is 18.9 Å². The van der Waals surface area contributed by atoms with E-state index >= 15 is 0 Å². The number of amides is 1. The van der Waals surface area contributed by atoms with Gasteiger partial charge in [0.15, 0.2) is 0 Å². The quantitative estimate of drug-likeness (QED) is 0.592. The van der Waals surface area contributed by atoms with Crippen LogP contribution in [0.3, 0.4) is 0 Å². The number of esters is 1. The molecule has 1 amide bonds. The number of methoxy groups -OCH3 is 1. The van der Waals surface area contributed by atoms with Crippen LogP contribution in [0.4, 0.5) is 0 Å². The first-order valence-corrected chi connectivity index (χ1v) is 7.90. The highest BCUT2D eigenvalue weighted by molar-refractivity contribution is 5.94. The molecule has 0 heterocycles. The van der Waals surface area contributed by atoms with Crippen molar-refractivity contribution in [3.8, 4) is 5.75 Å². The van der Waals surface area contributed by atoms with Crippen molar-refractivity contribution >= 4 is 11.9 Å². The van der Waals surface area contributed by atoms with Gasteiger partial charge in [0.1, 0.15) is 12.4 Å². The molecule has 0 saturated carbocycles.